The normalized spacial score (nSPS) is 29.2. The Morgan fingerprint density at radius 3 is 2.50 bits per heavy atom. The molecule has 0 amide bonds. The molecule has 1 aliphatic rings. The van der Waals surface area contributed by atoms with E-state index in [9.17, 15) is 5.11 Å². The van der Waals surface area contributed by atoms with Gasteiger partial charge in [-0.05, 0) is 52.1 Å². The summed E-state index contributed by atoms with van der Waals surface area (Å²) in [7, 11) is 2.27. The first-order valence-electron chi connectivity index (χ1n) is 7.70. The van der Waals surface area contributed by atoms with Crippen LogP contribution in [0.1, 0.15) is 59.3 Å². The number of rotatable bonds is 7. The molecule has 0 aromatic carbocycles. The number of hydrogen-bond donors (Lipinski definition) is 2. The molecule has 0 saturated heterocycles. The van der Waals surface area contributed by atoms with Crippen molar-refractivity contribution < 1.29 is 5.11 Å². The lowest BCUT2D eigenvalue weighted by Gasteiger charge is -2.45. The van der Waals surface area contributed by atoms with Gasteiger partial charge in [0.25, 0.3) is 0 Å². The molecule has 1 saturated carbocycles. The van der Waals surface area contributed by atoms with Crippen molar-refractivity contribution in [1.29, 1.82) is 0 Å². The van der Waals surface area contributed by atoms with Crippen molar-refractivity contribution in [2.45, 2.75) is 76.9 Å². The zero-order valence-corrected chi connectivity index (χ0v) is 12.7. The predicted molar refractivity (Wildman–Crippen MR) is 77.9 cm³/mol. The van der Waals surface area contributed by atoms with Crippen LogP contribution in [0.25, 0.3) is 0 Å². The first-order valence-corrected chi connectivity index (χ1v) is 7.70. The fourth-order valence-electron chi connectivity index (χ4n) is 3.58. The lowest BCUT2D eigenvalue weighted by molar-refractivity contribution is 0.0514. The van der Waals surface area contributed by atoms with E-state index >= 15 is 0 Å². The van der Waals surface area contributed by atoms with Gasteiger partial charge in [0.15, 0.2) is 0 Å². The number of aliphatic hydroxyl groups excluding tert-OH is 1. The van der Waals surface area contributed by atoms with Crippen LogP contribution in [0.2, 0.25) is 0 Å². The maximum Gasteiger partial charge on any atom is 0.0613 e. The van der Waals surface area contributed by atoms with E-state index in [1.165, 1.54) is 25.7 Å². The Labute approximate surface area is 113 Å². The number of aliphatic hydroxyl groups is 1. The molecular weight excluding hydrogens is 224 g/mol. The Morgan fingerprint density at radius 1 is 1.33 bits per heavy atom. The van der Waals surface area contributed by atoms with Crippen LogP contribution in [0.4, 0.5) is 0 Å². The monoisotopic (exact) mass is 256 g/mol. The number of nitrogens with one attached hydrogen (secondary N) is 1. The maximum atomic E-state index is 9.74. The summed E-state index contributed by atoms with van der Waals surface area (Å²) >= 11 is 0. The second kappa shape index (κ2) is 7.46. The molecule has 0 bridgehead atoms. The summed E-state index contributed by atoms with van der Waals surface area (Å²) in [5, 5.41) is 13.3. The highest BCUT2D eigenvalue weighted by molar-refractivity contribution is 4.96. The van der Waals surface area contributed by atoms with Crippen LogP contribution >= 0.6 is 0 Å². The topological polar surface area (TPSA) is 35.5 Å². The van der Waals surface area contributed by atoms with Crippen LogP contribution in [0, 0.1) is 0 Å². The van der Waals surface area contributed by atoms with Gasteiger partial charge < -0.3 is 15.3 Å². The first-order chi connectivity index (χ1) is 8.62. The minimum Gasteiger partial charge on any atom is -0.394 e. The van der Waals surface area contributed by atoms with Gasteiger partial charge in [0.05, 0.1) is 6.61 Å². The van der Waals surface area contributed by atoms with Crippen molar-refractivity contribution in [3.8, 4) is 0 Å². The van der Waals surface area contributed by atoms with Gasteiger partial charge in [-0.1, -0.05) is 20.8 Å². The van der Waals surface area contributed by atoms with Gasteiger partial charge in [-0.25, -0.2) is 0 Å². The van der Waals surface area contributed by atoms with Crippen molar-refractivity contribution in [2.75, 3.05) is 20.2 Å². The second-order valence-corrected chi connectivity index (χ2v) is 5.85. The molecule has 0 aromatic rings. The van der Waals surface area contributed by atoms with E-state index in [0.717, 1.165) is 19.4 Å². The molecule has 108 valence electrons. The van der Waals surface area contributed by atoms with Crippen LogP contribution in [0.15, 0.2) is 0 Å². The zero-order chi connectivity index (χ0) is 13.6. The highest BCUT2D eigenvalue weighted by Gasteiger charge is 2.37. The van der Waals surface area contributed by atoms with E-state index < -0.39 is 0 Å². The summed E-state index contributed by atoms with van der Waals surface area (Å²) in [5.74, 6) is 0. The fourth-order valence-corrected chi connectivity index (χ4v) is 3.58. The van der Waals surface area contributed by atoms with E-state index in [4.69, 9.17) is 0 Å². The average Bonchev–Trinajstić information content (AvgIpc) is 2.40. The van der Waals surface area contributed by atoms with Crippen molar-refractivity contribution in [2.24, 2.45) is 0 Å². The fraction of sp³-hybridized carbons (Fsp3) is 1.00. The quantitative estimate of drug-likeness (QED) is 0.734. The molecule has 1 aliphatic carbocycles. The molecule has 0 spiro atoms. The van der Waals surface area contributed by atoms with Gasteiger partial charge in [0.2, 0.25) is 0 Å². The summed E-state index contributed by atoms with van der Waals surface area (Å²) in [5.41, 5.74) is -0.0298. The van der Waals surface area contributed by atoms with E-state index in [1.807, 2.05) is 0 Å². The molecule has 0 aromatic heterocycles. The summed E-state index contributed by atoms with van der Waals surface area (Å²) < 4.78 is 0. The number of nitrogens with zero attached hydrogens (tertiary/aromatic N) is 1. The molecule has 2 unspecified atom stereocenters. The highest BCUT2D eigenvalue weighted by Crippen LogP contribution is 2.32. The molecular formula is C15H32N2O. The molecule has 1 rings (SSSR count). The third-order valence-electron chi connectivity index (χ3n) is 4.77. The number of hydrogen-bond acceptors (Lipinski definition) is 3. The summed E-state index contributed by atoms with van der Waals surface area (Å²) in [6.07, 6.45) is 7.14. The zero-order valence-electron chi connectivity index (χ0n) is 12.7. The van der Waals surface area contributed by atoms with Crippen LogP contribution < -0.4 is 5.32 Å². The van der Waals surface area contributed by atoms with Gasteiger partial charge in [-0.3, -0.25) is 0 Å². The minimum absolute atomic E-state index is 0.0298. The minimum atomic E-state index is -0.0298. The van der Waals surface area contributed by atoms with Gasteiger partial charge in [-0.2, -0.15) is 0 Å². The van der Waals surface area contributed by atoms with Crippen molar-refractivity contribution in [3.05, 3.63) is 0 Å². The summed E-state index contributed by atoms with van der Waals surface area (Å²) in [6, 6.07) is 1.31. The Morgan fingerprint density at radius 2 is 2.00 bits per heavy atom. The second-order valence-electron chi connectivity index (χ2n) is 5.85. The van der Waals surface area contributed by atoms with Gasteiger partial charge in [-0.15, -0.1) is 0 Å². The molecule has 0 aliphatic heterocycles. The van der Waals surface area contributed by atoms with Crippen LogP contribution in [0.5, 0.6) is 0 Å². The maximum absolute atomic E-state index is 9.74. The largest absolute Gasteiger partial charge is 0.394 e. The lowest BCUT2D eigenvalue weighted by atomic mass is 9.78. The van der Waals surface area contributed by atoms with E-state index in [0.29, 0.717) is 12.1 Å². The summed E-state index contributed by atoms with van der Waals surface area (Å²) in [4.78, 5) is 2.56. The SMILES string of the molecule is CCNC1(CO)CCCC(N(C)C(CC)CC)C1. The van der Waals surface area contributed by atoms with Gasteiger partial charge >= 0.3 is 0 Å². The Hall–Kier alpha value is -0.120. The van der Waals surface area contributed by atoms with Crippen molar-refractivity contribution >= 4 is 0 Å². The van der Waals surface area contributed by atoms with Crippen LogP contribution in [0.3, 0.4) is 0 Å². The van der Waals surface area contributed by atoms with Gasteiger partial charge in [0, 0.05) is 17.6 Å². The molecule has 0 radical (unpaired) electrons. The Bertz CT molecular complexity index is 227. The van der Waals surface area contributed by atoms with E-state index in [1.54, 1.807) is 0 Å². The standard InChI is InChI=1S/C15H32N2O/c1-5-13(6-2)17(4)14-9-8-10-15(11-14,12-18)16-7-3/h13-14,16,18H,5-12H2,1-4H3. The summed E-state index contributed by atoms with van der Waals surface area (Å²) in [6.45, 7) is 7.90. The third kappa shape index (κ3) is 3.69. The van der Waals surface area contributed by atoms with Crippen LogP contribution in [-0.2, 0) is 0 Å². The molecule has 3 nitrogen and oxygen atoms in total. The molecule has 18 heavy (non-hydrogen) atoms. The van der Waals surface area contributed by atoms with Crippen molar-refractivity contribution in [1.82, 2.24) is 10.2 Å². The molecule has 3 heteroatoms. The smallest absolute Gasteiger partial charge is 0.0613 e. The predicted octanol–water partition coefficient (Wildman–Crippen LogP) is 2.39. The molecule has 2 N–H and O–H groups in total. The Balaban J connectivity index is 2.67. The van der Waals surface area contributed by atoms with Crippen LogP contribution in [-0.4, -0.2) is 47.8 Å². The third-order valence-corrected chi connectivity index (χ3v) is 4.77. The lowest BCUT2D eigenvalue weighted by Crippen LogP contribution is -2.56. The average molecular weight is 256 g/mol. The highest BCUT2D eigenvalue weighted by atomic mass is 16.3. The Kier molecular flexibility index (Phi) is 6.61. The molecule has 0 heterocycles. The van der Waals surface area contributed by atoms with Gasteiger partial charge in [0.1, 0.15) is 0 Å². The van der Waals surface area contributed by atoms with Crippen molar-refractivity contribution in [3.63, 3.8) is 0 Å². The van der Waals surface area contributed by atoms with E-state index in [2.05, 4.69) is 38.0 Å². The molecule has 2 atom stereocenters. The molecule has 1 fully saturated rings. The first kappa shape index (κ1) is 15.9. The number of likely N-dealkylation sites (N-methyl/N-ethyl adjacent to an activating group) is 1. The van der Waals surface area contributed by atoms with E-state index in [-0.39, 0.29) is 12.1 Å².